The van der Waals surface area contributed by atoms with E-state index in [4.69, 9.17) is 5.11 Å². The van der Waals surface area contributed by atoms with Crippen molar-refractivity contribution in [2.45, 2.75) is 19.3 Å². The third-order valence-corrected chi connectivity index (χ3v) is 3.07. The maximum absolute atomic E-state index is 13.9. The Labute approximate surface area is 117 Å². The molecule has 20 heavy (non-hydrogen) atoms. The molecule has 1 saturated heterocycles. The van der Waals surface area contributed by atoms with E-state index in [1.54, 1.807) is 11.0 Å². The van der Waals surface area contributed by atoms with Crippen LogP contribution in [-0.4, -0.2) is 35.7 Å². The topological polar surface area (TPSA) is 52.6 Å². The number of hydrogen-bond donors (Lipinski definition) is 2. The van der Waals surface area contributed by atoms with Crippen molar-refractivity contribution in [3.05, 3.63) is 29.6 Å². The summed E-state index contributed by atoms with van der Waals surface area (Å²) in [4.78, 5) is 13.5. The zero-order valence-electron chi connectivity index (χ0n) is 11.2. The zero-order valence-corrected chi connectivity index (χ0v) is 11.2. The molecule has 0 atom stereocenters. The molecule has 2 rings (SSSR count). The van der Waals surface area contributed by atoms with Crippen LogP contribution in [0.3, 0.4) is 0 Å². The number of rotatable bonds is 2. The predicted octanol–water partition coefficient (Wildman–Crippen LogP) is 2.19. The second kappa shape index (κ2) is 6.92. The van der Waals surface area contributed by atoms with E-state index in [1.807, 2.05) is 0 Å². The van der Waals surface area contributed by atoms with Crippen LogP contribution in [0.1, 0.15) is 24.8 Å². The standard InChI is InChI=1S/C15H17FN2O2/c16-13-11-12(5-1-4-10-19)6-7-14(13)17-15(20)18-8-2-3-9-18/h6-7,11,19H,2-4,8-10H2,(H,17,20). The van der Waals surface area contributed by atoms with Gasteiger partial charge in [0.25, 0.3) is 0 Å². The molecule has 2 amide bonds. The number of halogens is 1. The average molecular weight is 276 g/mol. The largest absolute Gasteiger partial charge is 0.395 e. The summed E-state index contributed by atoms with van der Waals surface area (Å²) in [5.41, 5.74) is 0.685. The summed E-state index contributed by atoms with van der Waals surface area (Å²) in [5.74, 6) is 4.96. The normalized spacial score (nSPS) is 13.8. The van der Waals surface area contributed by atoms with Gasteiger partial charge in [-0.2, -0.15) is 0 Å². The Hall–Kier alpha value is -2.06. The van der Waals surface area contributed by atoms with Gasteiger partial charge in [0.05, 0.1) is 12.3 Å². The molecule has 0 aromatic heterocycles. The Morgan fingerprint density at radius 3 is 2.80 bits per heavy atom. The minimum absolute atomic E-state index is 0.0144. The van der Waals surface area contributed by atoms with E-state index in [0.29, 0.717) is 12.0 Å². The third kappa shape index (κ3) is 3.72. The number of amides is 2. The number of nitrogens with one attached hydrogen (secondary N) is 1. The highest BCUT2D eigenvalue weighted by Gasteiger charge is 2.18. The molecule has 1 aliphatic rings. The fourth-order valence-electron chi connectivity index (χ4n) is 2.03. The molecule has 0 bridgehead atoms. The number of aliphatic hydroxyl groups excluding tert-OH is 1. The molecule has 4 nitrogen and oxygen atoms in total. The smallest absolute Gasteiger partial charge is 0.321 e. The average Bonchev–Trinajstić information content (AvgIpc) is 2.96. The van der Waals surface area contributed by atoms with Crippen LogP contribution >= 0.6 is 0 Å². The van der Waals surface area contributed by atoms with E-state index in [2.05, 4.69) is 17.2 Å². The first-order valence-electron chi connectivity index (χ1n) is 6.66. The number of likely N-dealkylation sites (tertiary alicyclic amines) is 1. The van der Waals surface area contributed by atoms with Gasteiger partial charge in [0.1, 0.15) is 5.82 Å². The van der Waals surface area contributed by atoms with E-state index in [9.17, 15) is 9.18 Å². The van der Waals surface area contributed by atoms with E-state index in [1.165, 1.54) is 12.1 Å². The van der Waals surface area contributed by atoms with Crippen molar-refractivity contribution in [2.75, 3.05) is 25.0 Å². The van der Waals surface area contributed by atoms with E-state index in [-0.39, 0.29) is 18.3 Å². The number of urea groups is 1. The highest BCUT2D eigenvalue weighted by molar-refractivity contribution is 5.89. The number of aliphatic hydroxyl groups is 1. The van der Waals surface area contributed by atoms with Crippen molar-refractivity contribution in [3.8, 4) is 11.8 Å². The van der Waals surface area contributed by atoms with E-state index < -0.39 is 5.82 Å². The minimum atomic E-state index is -0.506. The van der Waals surface area contributed by atoms with Crippen molar-refractivity contribution < 1.29 is 14.3 Å². The summed E-state index contributed by atoms with van der Waals surface area (Å²) in [6.45, 7) is 1.43. The number of hydrogen-bond acceptors (Lipinski definition) is 2. The molecule has 0 saturated carbocycles. The Morgan fingerprint density at radius 2 is 2.15 bits per heavy atom. The molecule has 0 spiro atoms. The van der Waals surface area contributed by atoms with E-state index >= 15 is 0 Å². The lowest BCUT2D eigenvalue weighted by Gasteiger charge is -2.16. The lowest BCUT2D eigenvalue weighted by atomic mass is 10.2. The van der Waals surface area contributed by atoms with E-state index in [0.717, 1.165) is 25.9 Å². The summed E-state index contributed by atoms with van der Waals surface area (Å²) in [6.07, 6.45) is 2.35. The number of anilines is 1. The first kappa shape index (κ1) is 14.4. The number of nitrogens with zero attached hydrogens (tertiary/aromatic N) is 1. The Balaban J connectivity index is 2.02. The molecule has 1 aromatic carbocycles. The van der Waals surface area contributed by atoms with Gasteiger partial charge in [-0.1, -0.05) is 11.8 Å². The second-order valence-corrected chi connectivity index (χ2v) is 4.59. The van der Waals surface area contributed by atoms with Crippen molar-refractivity contribution >= 4 is 11.7 Å². The molecule has 5 heteroatoms. The van der Waals surface area contributed by atoms with Gasteiger partial charge in [-0.15, -0.1) is 0 Å². The van der Waals surface area contributed by atoms with Gasteiger partial charge in [-0.25, -0.2) is 9.18 Å². The molecule has 1 aromatic rings. The number of carbonyl (C=O) groups is 1. The number of carbonyl (C=O) groups excluding carboxylic acids is 1. The third-order valence-electron chi connectivity index (χ3n) is 3.07. The van der Waals surface area contributed by atoms with Crippen molar-refractivity contribution in [3.63, 3.8) is 0 Å². The van der Waals surface area contributed by atoms with Crippen LogP contribution in [0.4, 0.5) is 14.9 Å². The Bertz CT molecular complexity index is 543. The van der Waals surface area contributed by atoms with Gasteiger partial charge in [0, 0.05) is 25.1 Å². The molecule has 106 valence electrons. The van der Waals surface area contributed by atoms with Gasteiger partial charge in [0.2, 0.25) is 0 Å². The van der Waals surface area contributed by atoms with Crippen LogP contribution in [-0.2, 0) is 0 Å². The SMILES string of the molecule is O=C(Nc1ccc(C#CCCO)cc1F)N1CCCC1. The molecule has 1 heterocycles. The quantitative estimate of drug-likeness (QED) is 0.814. The Morgan fingerprint density at radius 1 is 1.40 bits per heavy atom. The van der Waals surface area contributed by atoms with Crippen LogP contribution in [0.25, 0.3) is 0 Å². The predicted molar refractivity (Wildman–Crippen MR) is 74.8 cm³/mol. The van der Waals surface area contributed by atoms with Gasteiger partial charge in [-0.3, -0.25) is 0 Å². The van der Waals surface area contributed by atoms with Crippen LogP contribution in [0.5, 0.6) is 0 Å². The second-order valence-electron chi connectivity index (χ2n) is 4.59. The van der Waals surface area contributed by atoms with Gasteiger partial charge < -0.3 is 15.3 Å². The molecule has 0 radical (unpaired) electrons. The highest BCUT2D eigenvalue weighted by atomic mass is 19.1. The first-order valence-corrected chi connectivity index (χ1v) is 6.66. The molecule has 1 aliphatic heterocycles. The maximum Gasteiger partial charge on any atom is 0.321 e. The summed E-state index contributed by atoms with van der Waals surface area (Å²) >= 11 is 0. The molecular weight excluding hydrogens is 259 g/mol. The maximum atomic E-state index is 13.9. The zero-order chi connectivity index (χ0) is 14.4. The van der Waals surface area contributed by atoms with Crippen LogP contribution < -0.4 is 5.32 Å². The van der Waals surface area contributed by atoms with Crippen molar-refractivity contribution in [2.24, 2.45) is 0 Å². The molecule has 1 fully saturated rings. The van der Waals surface area contributed by atoms with Gasteiger partial charge >= 0.3 is 6.03 Å². The summed E-state index contributed by atoms with van der Waals surface area (Å²) in [7, 11) is 0. The van der Waals surface area contributed by atoms with Crippen molar-refractivity contribution in [1.82, 2.24) is 4.90 Å². The lowest BCUT2D eigenvalue weighted by Crippen LogP contribution is -2.32. The summed E-state index contributed by atoms with van der Waals surface area (Å²) in [6, 6.07) is 4.17. The minimum Gasteiger partial charge on any atom is -0.395 e. The number of benzene rings is 1. The van der Waals surface area contributed by atoms with Crippen LogP contribution in [0.15, 0.2) is 18.2 Å². The van der Waals surface area contributed by atoms with Gasteiger partial charge in [-0.05, 0) is 31.0 Å². The highest BCUT2D eigenvalue weighted by Crippen LogP contribution is 2.17. The monoisotopic (exact) mass is 276 g/mol. The Kier molecular flexibility index (Phi) is 4.97. The summed E-state index contributed by atoms with van der Waals surface area (Å²) in [5, 5.41) is 11.2. The molecule has 2 N–H and O–H groups in total. The van der Waals surface area contributed by atoms with Crippen LogP contribution in [0, 0.1) is 17.7 Å². The fourth-order valence-corrected chi connectivity index (χ4v) is 2.03. The molecule has 0 aliphatic carbocycles. The first-order chi connectivity index (χ1) is 9.70. The van der Waals surface area contributed by atoms with Crippen LogP contribution in [0.2, 0.25) is 0 Å². The molecule has 0 unspecified atom stereocenters. The lowest BCUT2D eigenvalue weighted by molar-refractivity contribution is 0.222. The summed E-state index contributed by atoms with van der Waals surface area (Å²) < 4.78 is 13.9. The fraction of sp³-hybridized carbons (Fsp3) is 0.400. The molecular formula is C15H17FN2O2. The van der Waals surface area contributed by atoms with Gasteiger partial charge in [0.15, 0.2) is 0 Å². The van der Waals surface area contributed by atoms with Crippen molar-refractivity contribution in [1.29, 1.82) is 0 Å².